The molecule has 2 nitrogen and oxygen atoms in total. The van der Waals surface area contributed by atoms with Gasteiger partial charge in [0, 0.05) is 6.42 Å². The minimum Gasteiger partial charge on any atom is -0.481 e. The number of para-hydroxylation sites is 1. The average molecular weight is 228 g/mol. The fourth-order valence-corrected chi connectivity index (χ4v) is 1.15. The second kappa shape index (κ2) is 8.28. The van der Waals surface area contributed by atoms with Crippen molar-refractivity contribution in [2.45, 2.75) is 19.4 Å². The van der Waals surface area contributed by atoms with Crippen molar-refractivity contribution in [3.05, 3.63) is 30.3 Å². The van der Waals surface area contributed by atoms with E-state index in [0.29, 0.717) is 19.6 Å². The summed E-state index contributed by atoms with van der Waals surface area (Å²) in [6.45, 7) is 2.68. The van der Waals surface area contributed by atoms with Gasteiger partial charge in [-0.3, -0.25) is 0 Å². The SMILES string of the molecule is C#CCOC(C)CC#CCOc1ccccc1. The molecule has 1 rings (SSSR count). The molecule has 0 N–H and O–H groups in total. The van der Waals surface area contributed by atoms with Crippen LogP contribution in [0.3, 0.4) is 0 Å². The Morgan fingerprint density at radius 2 is 1.94 bits per heavy atom. The Balaban J connectivity index is 2.17. The molecule has 0 saturated carbocycles. The van der Waals surface area contributed by atoms with E-state index in [1.54, 1.807) is 0 Å². The monoisotopic (exact) mass is 228 g/mol. The maximum Gasteiger partial charge on any atom is 0.149 e. The normalized spacial score (nSPS) is 10.8. The first kappa shape index (κ1) is 13.2. The van der Waals surface area contributed by atoms with Crippen molar-refractivity contribution in [2.24, 2.45) is 0 Å². The lowest BCUT2D eigenvalue weighted by atomic mass is 10.3. The van der Waals surface area contributed by atoms with Gasteiger partial charge in [-0.25, -0.2) is 0 Å². The van der Waals surface area contributed by atoms with Crippen LogP contribution in [0.25, 0.3) is 0 Å². The predicted octanol–water partition coefficient (Wildman–Crippen LogP) is 2.50. The van der Waals surface area contributed by atoms with Gasteiger partial charge in [0.15, 0.2) is 0 Å². The summed E-state index contributed by atoms with van der Waals surface area (Å²) in [6.07, 6.45) is 5.82. The van der Waals surface area contributed by atoms with Crippen LogP contribution in [0.2, 0.25) is 0 Å². The van der Waals surface area contributed by atoms with Gasteiger partial charge in [-0.15, -0.1) is 6.42 Å². The van der Waals surface area contributed by atoms with Gasteiger partial charge in [0.1, 0.15) is 19.0 Å². The Hall–Kier alpha value is -1.90. The summed E-state index contributed by atoms with van der Waals surface area (Å²) in [6, 6.07) is 9.61. The van der Waals surface area contributed by atoms with Crippen LogP contribution in [-0.4, -0.2) is 19.3 Å². The van der Waals surface area contributed by atoms with Gasteiger partial charge >= 0.3 is 0 Å². The van der Waals surface area contributed by atoms with Gasteiger partial charge in [0.25, 0.3) is 0 Å². The first-order chi connectivity index (χ1) is 8.33. The summed E-state index contributed by atoms with van der Waals surface area (Å²) in [5.74, 6) is 9.19. The number of rotatable bonds is 5. The molecule has 1 unspecified atom stereocenters. The van der Waals surface area contributed by atoms with Crippen molar-refractivity contribution in [3.63, 3.8) is 0 Å². The van der Waals surface area contributed by atoms with Crippen molar-refractivity contribution in [2.75, 3.05) is 13.2 Å². The number of terminal acetylenes is 1. The van der Waals surface area contributed by atoms with Crippen LogP contribution in [0.15, 0.2) is 30.3 Å². The number of hydrogen-bond donors (Lipinski definition) is 0. The molecule has 0 radical (unpaired) electrons. The molecule has 1 aromatic carbocycles. The summed E-state index contributed by atoms with van der Waals surface area (Å²) in [7, 11) is 0. The Morgan fingerprint density at radius 3 is 2.65 bits per heavy atom. The van der Waals surface area contributed by atoms with Crippen LogP contribution in [0.4, 0.5) is 0 Å². The second-order valence-corrected chi connectivity index (χ2v) is 3.49. The van der Waals surface area contributed by atoms with E-state index in [1.165, 1.54) is 0 Å². The lowest BCUT2D eigenvalue weighted by Gasteiger charge is -2.05. The molecule has 0 aliphatic carbocycles. The third kappa shape index (κ3) is 6.30. The second-order valence-electron chi connectivity index (χ2n) is 3.49. The molecule has 0 fully saturated rings. The van der Waals surface area contributed by atoms with Crippen molar-refractivity contribution in [1.29, 1.82) is 0 Å². The number of ether oxygens (including phenoxy) is 2. The van der Waals surface area contributed by atoms with Crippen LogP contribution in [0, 0.1) is 24.2 Å². The fraction of sp³-hybridized carbons (Fsp3) is 0.333. The van der Waals surface area contributed by atoms with Crippen LogP contribution >= 0.6 is 0 Å². The van der Waals surface area contributed by atoms with Crippen LogP contribution in [-0.2, 0) is 4.74 Å². The summed E-state index contributed by atoms with van der Waals surface area (Å²) >= 11 is 0. The molecule has 88 valence electrons. The van der Waals surface area contributed by atoms with Gasteiger partial charge in [0.2, 0.25) is 0 Å². The van der Waals surface area contributed by atoms with E-state index in [-0.39, 0.29) is 6.10 Å². The van der Waals surface area contributed by atoms with E-state index in [2.05, 4.69) is 17.8 Å². The smallest absolute Gasteiger partial charge is 0.149 e. The first-order valence-corrected chi connectivity index (χ1v) is 5.51. The summed E-state index contributed by atoms with van der Waals surface area (Å²) < 4.78 is 10.7. The fourth-order valence-electron chi connectivity index (χ4n) is 1.15. The topological polar surface area (TPSA) is 18.5 Å². The maximum absolute atomic E-state index is 5.42. The van der Waals surface area contributed by atoms with E-state index in [1.807, 2.05) is 37.3 Å². The third-order valence-corrected chi connectivity index (χ3v) is 2.02. The van der Waals surface area contributed by atoms with Gasteiger partial charge in [-0.05, 0) is 19.1 Å². The molecule has 1 aromatic rings. The van der Waals surface area contributed by atoms with Crippen molar-refractivity contribution >= 4 is 0 Å². The molecule has 0 aromatic heterocycles. The minimum absolute atomic E-state index is 0.0651. The third-order valence-electron chi connectivity index (χ3n) is 2.02. The first-order valence-electron chi connectivity index (χ1n) is 5.51. The van der Waals surface area contributed by atoms with E-state index in [4.69, 9.17) is 15.9 Å². The molecule has 0 bridgehead atoms. The van der Waals surface area contributed by atoms with Crippen molar-refractivity contribution < 1.29 is 9.47 Å². The molecule has 1 atom stereocenters. The zero-order chi connectivity index (χ0) is 12.3. The Morgan fingerprint density at radius 1 is 1.18 bits per heavy atom. The number of benzene rings is 1. The van der Waals surface area contributed by atoms with E-state index < -0.39 is 0 Å². The predicted molar refractivity (Wildman–Crippen MR) is 68.6 cm³/mol. The molecule has 2 heteroatoms. The van der Waals surface area contributed by atoms with Crippen LogP contribution < -0.4 is 4.74 Å². The summed E-state index contributed by atoms with van der Waals surface area (Å²) in [4.78, 5) is 0. The average Bonchev–Trinajstić information content (AvgIpc) is 2.37. The minimum atomic E-state index is 0.0651. The molecule has 0 aliphatic heterocycles. The highest BCUT2D eigenvalue weighted by Gasteiger charge is 1.96. The maximum atomic E-state index is 5.42. The molecular formula is C15H16O2. The van der Waals surface area contributed by atoms with E-state index in [9.17, 15) is 0 Å². The lowest BCUT2D eigenvalue weighted by Crippen LogP contribution is -2.07. The van der Waals surface area contributed by atoms with Crippen molar-refractivity contribution in [3.8, 4) is 29.9 Å². The largest absolute Gasteiger partial charge is 0.481 e. The van der Waals surface area contributed by atoms with Gasteiger partial charge in [-0.1, -0.05) is 36.0 Å². The molecule has 0 spiro atoms. The molecule has 0 saturated heterocycles. The van der Waals surface area contributed by atoms with Crippen LogP contribution in [0.1, 0.15) is 13.3 Å². The summed E-state index contributed by atoms with van der Waals surface area (Å²) in [5.41, 5.74) is 0. The highest BCUT2D eigenvalue weighted by Crippen LogP contribution is 2.07. The molecule has 0 aliphatic rings. The Labute approximate surface area is 103 Å². The molecule has 17 heavy (non-hydrogen) atoms. The highest BCUT2D eigenvalue weighted by atomic mass is 16.5. The van der Waals surface area contributed by atoms with E-state index in [0.717, 1.165) is 5.75 Å². The number of hydrogen-bond acceptors (Lipinski definition) is 2. The molecule has 0 amide bonds. The molecular weight excluding hydrogens is 212 g/mol. The van der Waals surface area contributed by atoms with Gasteiger partial charge in [-0.2, -0.15) is 0 Å². The van der Waals surface area contributed by atoms with E-state index >= 15 is 0 Å². The quantitative estimate of drug-likeness (QED) is 0.721. The zero-order valence-electron chi connectivity index (χ0n) is 9.98. The lowest BCUT2D eigenvalue weighted by molar-refractivity contribution is 0.0962. The Bertz CT molecular complexity index is 406. The van der Waals surface area contributed by atoms with Crippen LogP contribution in [0.5, 0.6) is 5.75 Å². The van der Waals surface area contributed by atoms with Crippen molar-refractivity contribution in [1.82, 2.24) is 0 Å². The molecule has 0 heterocycles. The zero-order valence-corrected chi connectivity index (χ0v) is 9.98. The van der Waals surface area contributed by atoms with Gasteiger partial charge in [0.05, 0.1) is 6.10 Å². The summed E-state index contributed by atoms with van der Waals surface area (Å²) in [5, 5.41) is 0. The van der Waals surface area contributed by atoms with Gasteiger partial charge < -0.3 is 9.47 Å². The highest BCUT2D eigenvalue weighted by molar-refractivity contribution is 5.21. The standard InChI is InChI=1S/C15H16O2/c1-3-12-16-14(2)9-7-8-13-17-15-10-5-4-6-11-15/h1,4-6,10-11,14H,9,12-13H2,2H3. The Kier molecular flexibility index (Phi) is 6.41.